The molecule has 0 bridgehead atoms. The first-order valence-electron chi connectivity index (χ1n) is 21.3. The first-order chi connectivity index (χ1) is 31.8. The van der Waals surface area contributed by atoms with Crippen LogP contribution in [0.3, 0.4) is 0 Å². The van der Waals surface area contributed by atoms with Crippen molar-refractivity contribution in [3.05, 3.63) is 29.8 Å². The van der Waals surface area contributed by atoms with E-state index in [1.54, 1.807) is 6.92 Å². The van der Waals surface area contributed by atoms with E-state index >= 15 is 0 Å². The molecule has 4 aliphatic rings. The van der Waals surface area contributed by atoms with Gasteiger partial charge in [0.1, 0.15) is 116 Å². The summed E-state index contributed by atoms with van der Waals surface area (Å²) >= 11 is 0. The summed E-state index contributed by atoms with van der Waals surface area (Å²) < 4.78 is 49.4. The van der Waals surface area contributed by atoms with E-state index in [1.165, 1.54) is 24.3 Å². The van der Waals surface area contributed by atoms with Crippen molar-refractivity contribution < 1.29 is 134 Å². The SMILES string of the molecule is CCOC(=O)c1ccc(NC[C@H](O)[C@@H](O)[C@H](O[C@H]2O[C@H](CO)[C@@H](O[C@H]3O[C@H](CO)[C@@H](O[C@H]4O[C@H](CO)[C@@H](O[C@H]5O[C@H](CO)[C@@H](O)[C@H](O)[C@H]5O)[C@H](O)[C@H]4O)[C@H](O)[C@H]3O)[C@H](O)[C@H]2O)[C@H](O)CO)cc1. The van der Waals surface area contributed by atoms with Crippen LogP contribution in [-0.4, -0.2) is 286 Å². The van der Waals surface area contributed by atoms with Crippen LogP contribution >= 0.6 is 0 Å². The van der Waals surface area contributed by atoms with Crippen LogP contribution in [0.5, 0.6) is 0 Å². The van der Waals surface area contributed by atoms with Crippen molar-refractivity contribution in [3.8, 4) is 0 Å². The molecule has 28 nitrogen and oxygen atoms in total. The number of ether oxygens (including phenoxy) is 9. The molecule has 386 valence electrons. The largest absolute Gasteiger partial charge is 0.462 e. The van der Waals surface area contributed by atoms with Crippen LogP contribution in [0.2, 0.25) is 0 Å². The molecule has 4 heterocycles. The predicted octanol–water partition coefficient (Wildman–Crippen LogP) is -9.99. The quantitative estimate of drug-likeness (QED) is 0.0509. The standard InChI is InChI=1S/C39H63NO27/c1-2-59-35(58)13-3-5-14(6-4-13)40-7-15(46)21(48)31(16(47)8-41)64-37-28(55)24(51)33(18(10-43)61-37)66-39-30(57)26(53)34(20(12-45)63-39)67-38-29(56)25(52)32(19(11-44)62-38)65-36-27(54)23(50)22(49)17(9-42)60-36/h3-6,15-34,36-57H,2,7-12H2,1H3/t15-,16+,17+,18+,19+,20+,21+,22+,23-,24+,25+,26+,27+,28+,29+,30+,31+,32+,33+,34+,36+,37+,38+,39+/m0/s1. The van der Waals surface area contributed by atoms with Crippen LogP contribution in [0.1, 0.15) is 17.3 Å². The van der Waals surface area contributed by atoms with Gasteiger partial charge in [-0.1, -0.05) is 0 Å². The van der Waals surface area contributed by atoms with Crippen molar-refractivity contribution in [3.63, 3.8) is 0 Å². The monoisotopic (exact) mass is 977 g/mol. The number of carbonyl (C=O) groups is 1. The fourth-order valence-electron chi connectivity index (χ4n) is 7.80. The zero-order valence-corrected chi connectivity index (χ0v) is 35.8. The molecular weight excluding hydrogens is 914 g/mol. The molecule has 28 heteroatoms. The average molecular weight is 978 g/mol. The molecule has 1 aromatic carbocycles. The van der Waals surface area contributed by atoms with Gasteiger partial charge in [0.05, 0.1) is 51.3 Å². The number of hydrogen-bond donors (Lipinski definition) is 18. The van der Waals surface area contributed by atoms with E-state index in [2.05, 4.69) is 5.32 Å². The number of hydrogen-bond acceptors (Lipinski definition) is 28. The third kappa shape index (κ3) is 12.7. The number of benzene rings is 1. The summed E-state index contributed by atoms with van der Waals surface area (Å²) in [7, 11) is 0. The Morgan fingerprint density at radius 1 is 0.552 bits per heavy atom. The van der Waals surface area contributed by atoms with E-state index < -0.39 is 186 Å². The molecule has 0 radical (unpaired) electrons. The van der Waals surface area contributed by atoms with Crippen molar-refractivity contribution in [2.45, 2.75) is 154 Å². The summed E-state index contributed by atoms with van der Waals surface area (Å²) in [4.78, 5) is 11.9. The van der Waals surface area contributed by atoms with E-state index in [0.717, 1.165) is 0 Å². The molecule has 0 saturated carbocycles. The molecular formula is C39H63NO27. The highest BCUT2D eigenvalue weighted by Gasteiger charge is 2.55. The summed E-state index contributed by atoms with van der Waals surface area (Å²) in [6, 6.07) is 5.87. The summed E-state index contributed by atoms with van der Waals surface area (Å²) in [6.45, 7) is -3.40. The van der Waals surface area contributed by atoms with Crippen molar-refractivity contribution in [2.24, 2.45) is 0 Å². The van der Waals surface area contributed by atoms with Gasteiger partial charge in [0, 0.05) is 12.2 Å². The number of anilines is 1. The summed E-state index contributed by atoms with van der Waals surface area (Å²) in [5.41, 5.74) is 0.643. The summed E-state index contributed by atoms with van der Waals surface area (Å²) in [5, 5.41) is 182. The minimum atomic E-state index is -2.16. The molecule has 18 N–H and O–H groups in total. The van der Waals surface area contributed by atoms with Gasteiger partial charge in [-0.15, -0.1) is 0 Å². The lowest BCUT2D eigenvalue weighted by Crippen LogP contribution is -2.67. The Bertz CT molecular complexity index is 1630. The molecule has 5 rings (SSSR count). The van der Waals surface area contributed by atoms with Gasteiger partial charge in [-0.25, -0.2) is 4.79 Å². The maximum Gasteiger partial charge on any atom is 0.338 e. The van der Waals surface area contributed by atoms with Crippen LogP contribution < -0.4 is 5.32 Å². The van der Waals surface area contributed by atoms with Crippen molar-refractivity contribution in [1.29, 1.82) is 0 Å². The van der Waals surface area contributed by atoms with Gasteiger partial charge in [-0.3, -0.25) is 0 Å². The van der Waals surface area contributed by atoms with Gasteiger partial charge >= 0.3 is 5.97 Å². The molecule has 67 heavy (non-hydrogen) atoms. The number of esters is 1. The summed E-state index contributed by atoms with van der Waals surface area (Å²) in [6.07, 6.45) is -45.4. The number of aliphatic hydroxyl groups is 17. The Morgan fingerprint density at radius 2 is 0.955 bits per heavy atom. The van der Waals surface area contributed by atoms with Gasteiger partial charge in [-0.05, 0) is 31.2 Å². The van der Waals surface area contributed by atoms with E-state index in [1.807, 2.05) is 0 Å². The number of rotatable bonds is 21. The van der Waals surface area contributed by atoms with E-state index in [-0.39, 0.29) is 18.7 Å². The van der Waals surface area contributed by atoms with E-state index in [0.29, 0.717) is 5.69 Å². The normalized spacial score (nSPS) is 41.2. The second-order valence-electron chi connectivity index (χ2n) is 16.2. The minimum absolute atomic E-state index is 0.162. The molecule has 4 aliphatic heterocycles. The topological polar surface area (TPSA) is 456 Å². The van der Waals surface area contributed by atoms with Crippen molar-refractivity contribution in [1.82, 2.24) is 0 Å². The van der Waals surface area contributed by atoms with Crippen LogP contribution in [0.4, 0.5) is 5.69 Å². The third-order valence-electron chi connectivity index (χ3n) is 11.7. The summed E-state index contributed by atoms with van der Waals surface area (Å²) in [5.74, 6) is -0.560. The van der Waals surface area contributed by atoms with E-state index in [9.17, 15) is 91.6 Å². The Hall–Kier alpha value is -2.51. The molecule has 0 spiro atoms. The second kappa shape index (κ2) is 25.0. The van der Waals surface area contributed by atoms with Crippen LogP contribution in [0.15, 0.2) is 24.3 Å². The van der Waals surface area contributed by atoms with Crippen molar-refractivity contribution in [2.75, 3.05) is 51.5 Å². The number of aliphatic hydroxyl groups excluding tert-OH is 17. The van der Waals surface area contributed by atoms with Gasteiger partial charge in [-0.2, -0.15) is 0 Å². The van der Waals surface area contributed by atoms with Gasteiger partial charge in [0.25, 0.3) is 0 Å². The number of carbonyl (C=O) groups excluding carboxylic acids is 1. The third-order valence-corrected chi connectivity index (χ3v) is 11.7. The second-order valence-corrected chi connectivity index (χ2v) is 16.2. The average Bonchev–Trinajstić information content (AvgIpc) is 3.33. The fourth-order valence-corrected chi connectivity index (χ4v) is 7.80. The smallest absolute Gasteiger partial charge is 0.338 e. The number of nitrogens with one attached hydrogen (secondary N) is 1. The van der Waals surface area contributed by atoms with E-state index in [4.69, 9.17) is 42.6 Å². The molecule has 24 atom stereocenters. The predicted molar refractivity (Wildman–Crippen MR) is 213 cm³/mol. The van der Waals surface area contributed by atoms with Crippen LogP contribution in [0.25, 0.3) is 0 Å². The molecule has 4 saturated heterocycles. The van der Waals surface area contributed by atoms with Crippen molar-refractivity contribution >= 4 is 11.7 Å². The first-order valence-corrected chi connectivity index (χ1v) is 21.3. The highest BCUT2D eigenvalue weighted by Crippen LogP contribution is 2.35. The Kier molecular flexibility index (Phi) is 20.7. The Morgan fingerprint density at radius 3 is 1.37 bits per heavy atom. The highest BCUT2D eigenvalue weighted by atomic mass is 16.8. The lowest BCUT2D eigenvalue weighted by molar-refractivity contribution is -0.390. The lowest BCUT2D eigenvalue weighted by Gasteiger charge is -2.49. The molecule has 4 fully saturated rings. The van der Waals surface area contributed by atoms with Gasteiger partial charge < -0.3 is 135 Å². The first kappa shape index (κ1) is 55.4. The Labute approximate surface area is 381 Å². The highest BCUT2D eigenvalue weighted by molar-refractivity contribution is 5.89. The van der Waals surface area contributed by atoms with Gasteiger partial charge in [0.15, 0.2) is 25.2 Å². The minimum Gasteiger partial charge on any atom is -0.462 e. The molecule has 0 aromatic heterocycles. The van der Waals surface area contributed by atoms with Crippen LogP contribution in [-0.2, 0) is 42.6 Å². The maximum atomic E-state index is 11.9. The Balaban J connectivity index is 1.20. The molecule has 0 aliphatic carbocycles. The fraction of sp³-hybridized carbons (Fsp3) is 0.821. The zero-order valence-electron chi connectivity index (χ0n) is 35.8. The van der Waals surface area contributed by atoms with Crippen LogP contribution in [0, 0.1) is 0 Å². The van der Waals surface area contributed by atoms with Gasteiger partial charge in [0.2, 0.25) is 0 Å². The maximum absolute atomic E-state index is 11.9. The molecule has 0 amide bonds. The molecule has 0 unspecified atom stereocenters. The zero-order chi connectivity index (χ0) is 49.4. The lowest BCUT2D eigenvalue weighted by atomic mass is 9.95. The molecule has 1 aromatic rings.